The molecule has 0 saturated heterocycles. The number of hydrogen-bond donors (Lipinski definition) is 1. The van der Waals surface area contributed by atoms with E-state index in [1.807, 2.05) is 4.72 Å². The van der Waals surface area contributed by atoms with Crippen LogP contribution in [0.25, 0.3) is 5.69 Å². The van der Waals surface area contributed by atoms with Gasteiger partial charge < -0.3 is 0 Å². The van der Waals surface area contributed by atoms with Crippen molar-refractivity contribution in [2.75, 3.05) is 0 Å². The number of hydrogen-bond acceptors (Lipinski definition) is 6. The molecule has 124 valence electrons. The normalized spacial score (nSPS) is 11.4. The number of sulfonamides is 1. The fraction of sp³-hybridized carbons (Fsp3) is 0.0714. The van der Waals surface area contributed by atoms with Crippen molar-refractivity contribution in [3.63, 3.8) is 0 Å². The minimum Gasteiger partial charge on any atom is -0.267 e. The Balaban J connectivity index is 1.86. The average Bonchev–Trinajstić information content (AvgIpc) is 3.16. The molecule has 0 bridgehead atoms. The molecule has 1 amide bonds. The summed E-state index contributed by atoms with van der Waals surface area (Å²) >= 11 is 1.08. The fourth-order valence-corrected chi connectivity index (χ4v) is 3.55. The SMILES string of the molecule is Cc1ncc(C(=O)NS(=O)(=O)c2cnn(-c3ccccc3F)c2)s1. The summed E-state index contributed by atoms with van der Waals surface area (Å²) in [5, 5.41) is 4.48. The Kier molecular flexibility index (Phi) is 4.16. The average molecular weight is 366 g/mol. The smallest absolute Gasteiger partial charge is 0.267 e. The van der Waals surface area contributed by atoms with Gasteiger partial charge in [-0.3, -0.25) is 4.79 Å². The van der Waals surface area contributed by atoms with Gasteiger partial charge in [0, 0.05) is 0 Å². The molecule has 3 rings (SSSR count). The number of halogens is 1. The van der Waals surface area contributed by atoms with E-state index >= 15 is 0 Å². The molecule has 0 aliphatic rings. The zero-order valence-corrected chi connectivity index (χ0v) is 13.9. The number of aromatic nitrogens is 3. The Morgan fingerprint density at radius 1 is 1.29 bits per heavy atom. The molecule has 7 nitrogen and oxygen atoms in total. The molecule has 1 aromatic carbocycles. The topological polar surface area (TPSA) is 93.9 Å². The van der Waals surface area contributed by atoms with Crippen molar-refractivity contribution in [3.8, 4) is 5.69 Å². The maximum Gasteiger partial charge on any atom is 0.276 e. The van der Waals surface area contributed by atoms with Crippen molar-refractivity contribution >= 4 is 27.3 Å². The quantitative estimate of drug-likeness (QED) is 0.761. The van der Waals surface area contributed by atoms with Gasteiger partial charge in [0.2, 0.25) is 0 Å². The van der Waals surface area contributed by atoms with Crippen LogP contribution in [0.5, 0.6) is 0 Å². The lowest BCUT2D eigenvalue weighted by Gasteiger charge is -2.03. The fourth-order valence-electron chi connectivity index (χ4n) is 1.91. The number of nitrogens with one attached hydrogen (secondary N) is 1. The van der Waals surface area contributed by atoms with Crippen LogP contribution >= 0.6 is 11.3 Å². The number of nitrogens with zero attached hydrogens (tertiary/aromatic N) is 3. The van der Waals surface area contributed by atoms with Crippen molar-refractivity contribution in [2.45, 2.75) is 11.8 Å². The molecule has 0 fully saturated rings. The van der Waals surface area contributed by atoms with E-state index in [2.05, 4.69) is 10.1 Å². The third-order valence-corrected chi connectivity index (χ3v) is 5.24. The number of carbonyl (C=O) groups excluding carboxylic acids is 1. The monoisotopic (exact) mass is 366 g/mol. The van der Waals surface area contributed by atoms with Crippen LogP contribution in [0.2, 0.25) is 0 Å². The first kappa shape index (κ1) is 16.3. The summed E-state index contributed by atoms with van der Waals surface area (Å²) in [4.78, 5) is 15.8. The van der Waals surface area contributed by atoms with Crippen LogP contribution in [0.15, 0.2) is 47.8 Å². The van der Waals surface area contributed by atoms with E-state index in [4.69, 9.17) is 0 Å². The third-order valence-electron chi connectivity index (χ3n) is 3.04. The second-order valence-electron chi connectivity index (χ2n) is 4.75. The van der Waals surface area contributed by atoms with Gasteiger partial charge in [0.15, 0.2) is 0 Å². The summed E-state index contributed by atoms with van der Waals surface area (Å²) in [6.07, 6.45) is 3.47. The van der Waals surface area contributed by atoms with Crippen molar-refractivity contribution in [1.29, 1.82) is 0 Å². The summed E-state index contributed by atoms with van der Waals surface area (Å²) < 4.78 is 41.3. The van der Waals surface area contributed by atoms with E-state index in [1.165, 1.54) is 24.4 Å². The van der Waals surface area contributed by atoms with E-state index in [1.54, 1.807) is 13.0 Å². The lowest BCUT2D eigenvalue weighted by atomic mass is 10.3. The molecule has 10 heteroatoms. The van der Waals surface area contributed by atoms with E-state index in [0.29, 0.717) is 5.01 Å². The molecule has 0 saturated carbocycles. The Hall–Kier alpha value is -2.59. The van der Waals surface area contributed by atoms with Crippen molar-refractivity contribution in [2.24, 2.45) is 0 Å². The van der Waals surface area contributed by atoms with E-state index in [9.17, 15) is 17.6 Å². The highest BCUT2D eigenvalue weighted by molar-refractivity contribution is 7.90. The Labute approximate surface area is 140 Å². The van der Waals surface area contributed by atoms with Crippen LogP contribution in [0, 0.1) is 12.7 Å². The second kappa shape index (κ2) is 6.13. The summed E-state index contributed by atoms with van der Waals surface area (Å²) in [5.74, 6) is -1.33. The van der Waals surface area contributed by atoms with Gasteiger partial charge in [-0.2, -0.15) is 5.10 Å². The second-order valence-corrected chi connectivity index (χ2v) is 7.67. The largest absolute Gasteiger partial charge is 0.276 e. The van der Waals surface area contributed by atoms with Gasteiger partial charge in [0.1, 0.15) is 21.3 Å². The minimum absolute atomic E-state index is 0.100. The number of aryl methyl sites for hydroxylation is 1. The number of rotatable bonds is 4. The van der Waals surface area contributed by atoms with Gasteiger partial charge in [-0.05, 0) is 19.1 Å². The number of carbonyl (C=O) groups is 1. The molecule has 0 atom stereocenters. The van der Waals surface area contributed by atoms with Gasteiger partial charge >= 0.3 is 0 Å². The van der Waals surface area contributed by atoms with Crippen LogP contribution in [-0.2, 0) is 10.0 Å². The highest BCUT2D eigenvalue weighted by Gasteiger charge is 2.22. The first-order chi connectivity index (χ1) is 11.4. The molecule has 24 heavy (non-hydrogen) atoms. The Morgan fingerprint density at radius 3 is 2.71 bits per heavy atom. The van der Waals surface area contributed by atoms with E-state index < -0.39 is 21.7 Å². The minimum atomic E-state index is -4.12. The highest BCUT2D eigenvalue weighted by Crippen LogP contribution is 2.16. The number of amides is 1. The maximum absolute atomic E-state index is 13.7. The molecule has 0 spiro atoms. The molecule has 0 aliphatic carbocycles. The van der Waals surface area contributed by atoms with Crippen LogP contribution < -0.4 is 4.72 Å². The third kappa shape index (κ3) is 3.19. The summed E-state index contributed by atoms with van der Waals surface area (Å²) in [6, 6.07) is 5.80. The van der Waals surface area contributed by atoms with Crippen molar-refractivity contribution < 1.29 is 17.6 Å². The summed E-state index contributed by atoms with van der Waals surface area (Å²) in [6.45, 7) is 1.70. The summed E-state index contributed by atoms with van der Waals surface area (Å²) in [7, 11) is -4.12. The molecule has 2 aromatic heterocycles. The predicted octanol–water partition coefficient (Wildman–Crippen LogP) is 1.90. The molecular formula is C14H11FN4O3S2. The first-order valence-corrected chi connectivity index (χ1v) is 8.96. The molecule has 1 N–H and O–H groups in total. The Morgan fingerprint density at radius 2 is 2.04 bits per heavy atom. The van der Waals surface area contributed by atoms with Crippen molar-refractivity contribution in [1.82, 2.24) is 19.5 Å². The highest BCUT2D eigenvalue weighted by atomic mass is 32.2. The van der Waals surface area contributed by atoms with Gasteiger partial charge in [0.05, 0.1) is 23.6 Å². The number of thiazole rings is 1. The predicted molar refractivity (Wildman–Crippen MR) is 85.0 cm³/mol. The van der Waals surface area contributed by atoms with Crippen LogP contribution in [0.4, 0.5) is 4.39 Å². The van der Waals surface area contributed by atoms with Gasteiger partial charge in [-0.15, -0.1) is 11.3 Å². The number of benzene rings is 1. The van der Waals surface area contributed by atoms with Gasteiger partial charge in [-0.1, -0.05) is 12.1 Å². The van der Waals surface area contributed by atoms with Crippen molar-refractivity contribution in [3.05, 3.63) is 58.6 Å². The molecule has 0 aliphatic heterocycles. The Bertz CT molecular complexity index is 1010. The first-order valence-electron chi connectivity index (χ1n) is 6.66. The molecular weight excluding hydrogens is 355 g/mol. The van der Waals surface area contributed by atoms with E-state index in [0.717, 1.165) is 28.4 Å². The van der Waals surface area contributed by atoms with Crippen LogP contribution in [-0.4, -0.2) is 29.1 Å². The van der Waals surface area contributed by atoms with E-state index in [-0.39, 0.29) is 15.5 Å². The molecule has 3 aromatic rings. The molecule has 0 radical (unpaired) electrons. The maximum atomic E-state index is 13.7. The van der Waals surface area contributed by atoms with Crippen LogP contribution in [0.1, 0.15) is 14.7 Å². The van der Waals surface area contributed by atoms with Crippen LogP contribution in [0.3, 0.4) is 0 Å². The zero-order valence-electron chi connectivity index (χ0n) is 12.3. The number of para-hydroxylation sites is 1. The molecule has 0 unspecified atom stereocenters. The zero-order chi connectivity index (χ0) is 17.3. The summed E-state index contributed by atoms with van der Waals surface area (Å²) in [5.41, 5.74) is 0.100. The standard InChI is InChI=1S/C14H11FN4O3S2/c1-9-16-7-13(23-9)14(20)18-24(21,22)10-6-17-19(8-10)12-5-3-2-4-11(12)15/h2-8H,1H3,(H,18,20). The lowest BCUT2D eigenvalue weighted by molar-refractivity contribution is 0.0985. The van der Waals surface area contributed by atoms with Gasteiger partial charge in [-0.25, -0.2) is 27.2 Å². The lowest BCUT2D eigenvalue weighted by Crippen LogP contribution is -2.29. The van der Waals surface area contributed by atoms with Gasteiger partial charge in [0.25, 0.3) is 15.9 Å². The molecule has 2 heterocycles.